The average molecular weight is 535 g/mol. The van der Waals surface area contributed by atoms with Gasteiger partial charge in [-0.05, 0) is 75.8 Å². The summed E-state index contributed by atoms with van der Waals surface area (Å²) < 4.78 is 2.12. The van der Waals surface area contributed by atoms with Gasteiger partial charge in [0.05, 0.1) is 17.8 Å². The van der Waals surface area contributed by atoms with E-state index in [1.807, 2.05) is 6.20 Å². The van der Waals surface area contributed by atoms with Crippen LogP contribution >= 0.6 is 0 Å². The maximum absolute atomic E-state index is 12.6. The first-order chi connectivity index (χ1) is 19.0. The summed E-state index contributed by atoms with van der Waals surface area (Å²) in [5.74, 6) is 1.97. The molecule has 3 saturated carbocycles. The summed E-state index contributed by atoms with van der Waals surface area (Å²) in [4.78, 5) is 17.3. The quantitative estimate of drug-likeness (QED) is 0.204. The molecule has 4 aliphatic rings. The van der Waals surface area contributed by atoms with Gasteiger partial charge in [-0.15, -0.1) is 0 Å². The van der Waals surface area contributed by atoms with Gasteiger partial charge in [-0.3, -0.25) is 9.78 Å². The predicted octanol–water partition coefficient (Wildman–Crippen LogP) is 3.20. The van der Waals surface area contributed by atoms with Gasteiger partial charge in [0.2, 0.25) is 0 Å². The smallest absolute Gasteiger partial charge is 0.315 e. The van der Waals surface area contributed by atoms with Crippen molar-refractivity contribution in [2.75, 3.05) is 5.32 Å². The molecule has 0 aromatic carbocycles. The van der Waals surface area contributed by atoms with Crippen LogP contribution in [0.15, 0.2) is 29.5 Å². The van der Waals surface area contributed by atoms with Crippen LogP contribution in [0.3, 0.4) is 0 Å². The Labute approximate surface area is 229 Å². The number of fused-ring (bicyclic) bond motifs is 1. The number of carbonyl (C=O) groups excluding carboxylic acids is 1. The van der Waals surface area contributed by atoms with Crippen molar-refractivity contribution in [3.63, 3.8) is 0 Å². The Balaban J connectivity index is 0.882. The number of carbonyl (C=O) groups is 1. The predicted molar refractivity (Wildman–Crippen MR) is 152 cm³/mol. The number of H-pyrrole nitrogens is 1. The minimum atomic E-state index is -0.0730. The Kier molecular flexibility index (Phi) is 7.47. The topological polar surface area (TPSA) is 150 Å². The first kappa shape index (κ1) is 25.8. The summed E-state index contributed by atoms with van der Waals surface area (Å²) in [5, 5.41) is 25.1. The lowest BCUT2D eigenvalue weighted by atomic mass is 9.91. The van der Waals surface area contributed by atoms with Gasteiger partial charge in [0.15, 0.2) is 5.96 Å². The van der Waals surface area contributed by atoms with Crippen LogP contribution in [0.25, 0.3) is 0 Å². The molecule has 3 fully saturated rings. The molecule has 2 aromatic heterocycles. The van der Waals surface area contributed by atoms with Gasteiger partial charge in [-0.2, -0.15) is 10.2 Å². The van der Waals surface area contributed by atoms with Crippen LogP contribution in [0.5, 0.6) is 0 Å². The molecule has 6 rings (SSSR count). The molecule has 11 heteroatoms. The van der Waals surface area contributed by atoms with E-state index in [9.17, 15) is 4.79 Å². The summed E-state index contributed by atoms with van der Waals surface area (Å²) in [7, 11) is 0. The number of amides is 2. The number of guanidine groups is 1. The van der Waals surface area contributed by atoms with Gasteiger partial charge in [-0.25, -0.2) is 9.79 Å². The highest BCUT2D eigenvalue weighted by molar-refractivity contribution is 5.79. The Morgan fingerprint density at radius 1 is 1.15 bits per heavy atom. The van der Waals surface area contributed by atoms with Crippen molar-refractivity contribution >= 4 is 17.8 Å². The third-order valence-electron chi connectivity index (χ3n) is 8.36. The van der Waals surface area contributed by atoms with Gasteiger partial charge in [0, 0.05) is 54.6 Å². The van der Waals surface area contributed by atoms with E-state index in [1.54, 1.807) is 0 Å². The number of hydrogen-bond donors (Lipinski definition) is 6. The number of nitrogens with two attached hydrogens (primary N) is 1. The molecular weight excluding hydrogens is 492 g/mol. The molecule has 0 spiro atoms. The van der Waals surface area contributed by atoms with Crippen molar-refractivity contribution in [2.45, 2.75) is 114 Å². The fraction of sp³-hybridized carbons (Fsp3) is 0.643. The Morgan fingerprint density at radius 2 is 1.95 bits per heavy atom. The molecule has 4 aliphatic carbocycles. The molecule has 2 heterocycles. The number of nitrogens with one attached hydrogen (secondary N) is 5. The van der Waals surface area contributed by atoms with Crippen LogP contribution in [0.1, 0.15) is 93.6 Å². The van der Waals surface area contributed by atoms with Crippen molar-refractivity contribution in [2.24, 2.45) is 10.7 Å². The monoisotopic (exact) mass is 534 g/mol. The summed E-state index contributed by atoms with van der Waals surface area (Å²) in [5.41, 5.74) is 9.81. The van der Waals surface area contributed by atoms with E-state index in [1.165, 1.54) is 36.9 Å². The van der Waals surface area contributed by atoms with E-state index in [-0.39, 0.29) is 30.2 Å². The Morgan fingerprint density at radius 3 is 2.67 bits per heavy atom. The number of hydrogen-bond acceptors (Lipinski definition) is 5. The van der Waals surface area contributed by atoms with E-state index >= 15 is 0 Å². The van der Waals surface area contributed by atoms with E-state index in [0.717, 1.165) is 56.5 Å². The fourth-order valence-electron chi connectivity index (χ4n) is 5.74. The van der Waals surface area contributed by atoms with Crippen LogP contribution in [0.2, 0.25) is 0 Å². The van der Waals surface area contributed by atoms with Gasteiger partial charge >= 0.3 is 6.03 Å². The summed E-state index contributed by atoms with van der Waals surface area (Å²) in [6, 6.07) is 3.28. The standard InChI is InChI=1S/C28H42N10O/c1-2-19(31-26-15-24(35-36-26)17-3-4-17)11-12-30-27(29)32-20-5-7-21(8-6-20)33-28(39)34-22-13-18-16-38(23-9-10-23)37-25(18)14-22/h11-12,15-17,19-23H,2-10,13-14H2,1H3,(H3,29,30,32)(H2,31,35,36)(H2,33,34,39)/b12-11-. The Bertz CT molecular complexity index is 1180. The molecule has 39 heavy (non-hydrogen) atoms. The van der Waals surface area contributed by atoms with E-state index in [0.29, 0.717) is 17.9 Å². The lowest BCUT2D eigenvalue weighted by molar-refractivity contribution is 0.227. The zero-order chi connectivity index (χ0) is 26.8. The molecule has 0 radical (unpaired) electrons. The number of nitrogens with zero attached hydrogens (tertiary/aromatic N) is 4. The molecule has 7 N–H and O–H groups in total. The maximum Gasteiger partial charge on any atom is 0.315 e. The lowest BCUT2D eigenvalue weighted by Gasteiger charge is -2.28. The van der Waals surface area contributed by atoms with E-state index in [4.69, 9.17) is 10.8 Å². The van der Waals surface area contributed by atoms with Crippen molar-refractivity contribution < 1.29 is 4.79 Å². The maximum atomic E-state index is 12.6. The number of aliphatic imine (C=N–C) groups is 1. The van der Waals surface area contributed by atoms with Crippen LogP contribution in [0, 0.1) is 0 Å². The van der Waals surface area contributed by atoms with E-state index in [2.05, 4.69) is 66.4 Å². The SMILES string of the molecule is CCC(/C=C\NC(N)=NC1CCC(NC(=O)NC2Cc3cn(C4CC4)nc3C2)CC1)Nc1cc(C2CC2)[nH]n1. The molecule has 0 saturated heterocycles. The van der Waals surface area contributed by atoms with Crippen molar-refractivity contribution in [3.05, 3.63) is 41.5 Å². The van der Waals surface area contributed by atoms with Gasteiger partial charge < -0.3 is 27.0 Å². The molecule has 2 atom stereocenters. The molecule has 0 aliphatic heterocycles. The number of rotatable bonds is 10. The first-order valence-electron chi connectivity index (χ1n) is 14.7. The summed E-state index contributed by atoms with van der Waals surface area (Å²) >= 11 is 0. The Hall–Kier alpha value is -3.50. The second-order valence-electron chi connectivity index (χ2n) is 11.7. The highest BCUT2D eigenvalue weighted by Crippen LogP contribution is 2.39. The number of aromatic amines is 1. The average Bonchev–Trinajstić information content (AvgIpc) is 3.83. The van der Waals surface area contributed by atoms with Gasteiger partial charge in [0.25, 0.3) is 0 Å². The molecule has 2 aromatic rings. The number of anilines is 1. The van der Waals surface area contributed by atoms with Crippen molar-refractivity contribution in [1.29, 1.82) is 0 Å². The van der Waals surface area contributed by atoms with Crippen LogP contribution in [-0.4, -0.2) is 56.1 Å². The molecule has 210 valence electrons. The lowest BCUT2D eigenvalue weighted by Crippen LogP contribution is -2.48. The van der Waals surface area contributed by atoms with Crippen LogP contribution in [-0.2, 0) is 12.8 Å². The third-order valence-corrected chi connectivity index (χ3v) is 8.36. The zero-order valence-corrected chi connectivity index (χ0v) is 22.8. The van der Waals surface area contributed by atoms with Crippen molar-refractivity contribution in [1.82, 2.24) is 35.9 Å². The fourth-order valence-corrected chi connectivity index (χ4v) is 5.74. The second kappa shape index (κ2) is 11.3. The molecular formula is C28H42N10O. The summed E-state index contributed by atoms with van der Waals surface area (Å²) in [6.07, 6.45) is 17.3. The molecule has 2 unspecified atom stereocenters. The van der Waals surface area contributed by atoms with Gasteiger partial charge in [-0.1, -0.05) is 6.92 Å². The van der Waals surface area contributed by atoms with Crippen molar-refractivity contribution in [3.8, 4) is 0 Å². The minimum absolute atomic E-state index is 0.0730. The summed E-state index contributed by atoms with van der Waals surface area (Å²) in [6.45, 7) is 2.13. The normalized spacial score (nSPS) is 25.9. The van der Waals surface area contributed by atoms with E-state index < -0.39 is 0 Å². The van der Waals surface area contributed by atoms with Crippen LogP contribution < -0.4 is 27.0 Å². The number of urea groups is 1. The second-order valence-corrected chi connectivity index (χ2v) is 11.7. The minimum Gasteiger partial charge on any atom is -0.370 e. The molecule has 11 nitrogen and oxygen atoms in total. The highest BCUT2D eigenvalue weighted by atomic mass is 16.2. The largest absolute Gasteiger partial charge is 0.370 e. The van der Waals surface area contributed by atoms with Crippen LogP contribution in [0.4, 0.5) is 10.6 Å². The third kappa shape index (κ3) is 6.75. The van der Waals surface area contributed by atoms with Gasteiger partial charge in [0.1, 0.15) is 5.82 Å². The first-order valence-corrected chi connectivity index (χ1v) is 14.7. The zero-order valence-electron chi connectivity index (χ0n) is 22.8. The highest BCUT2D eigenvalue weighted by Gasteiger charge is 2.31. The number of aromatic nitrogens is 4. The molecule has 2 amide bonds. The molecule has 0 bridgehead atoms.